The Morgan fingerprint density at radius 1 is 1.21 bits per heavy atom. The number of aliphatic hydroxyl groups is 1. The Bertz CT molecular complexity index is 1010. The van der Waals surface area contributed by atoms with E-state index in [1.165, 1.54) is 0 Å². The van der Waals surface area contributed by atoms with Crippen molar-refractivity contribution in [2.75, 3.05) is 49.7 Å². The average Bonchev–Trinajstić information content (AvgIpc) is 2.83. The molecule has 1 atom stereocenters. The second-order valence-corrected chi connectivity index (χ2v) is 8.20. The molecule has 3 heterocycles. The van der Waals surface area contributed by atoms with E-state index >= 15 is 0 Å². The van der Waals surface area contributed by atoms with Crippen LogP contribution in [0.15, 0.2) is 24.3 Å². The van der Waals surface area contributed by atoms with Gasteiger partial charge >= 0.3 is 6.03 Å². The maximum atomic E-state index is 12.1. The SMILES string of the molecule is CCNC(=O)Nc1ccc(-c2nc3c(c(N4CCOC[C@@H]4C)n2)CCN(C(=O)CO)C3)cc1. The summed E-state index contributed by atoms with van der Waals surface area (Å²) in [5.74, 6) is 1.14. The summed E-state index contributed by atoms with van der Waals surface area (Å²) in [6.45, 7) is 6.87. The summed E-state index contributed by atoms with van der Waals surface area (Å²) >= 11 is 0. The second kappa shape index (κ2) is 10.1. The van der Waals surface area contributed by atoms with E-state index in [1.807, 2.05) is 31.2 Å². The number of ether oxygens (including phenoxy) is 1. The maximum absolute atomic E-state index is 12.1. The van der Waals surface area contributed by atoms with Gasteiger partial charge in [0, 0.05) is 36.4 Å². The highest BCUT2D eigenvalue weighted by Gasteiger charge is 2.30. The summed E-state index contributed by atoms with van der Waals surface area (Å²) < 4.78 is 5.61. The molecule has 4 rings (SSSR count). The number of aromatic nitrogens is 2. The highest BCUT2D eigenvalue weighted by molar-refractivity contribution is 5.89. The number of fused-ring (bicyclic) bond motifs is 1. The minimum Gasteiger partial charge on any atom is -0.387 e. The molecule has 0 radical (unpaired) electrons. The number of morpholine rings is 1. The van der Waals surface area contributed by atoms with Crippen LogP contribution in [0.3, 0.4) is 0 Å². The predicted molar refractivity (Wildman–Crippen MR) is 124 cm³/mol. The molecule has 0 spiro atoms. The highest BCUT2D eigenvalue weighted by atomic mass is 16.5. The van der Waals surface area contributed by atoms with Crippen molar-refractivity contribution in [2.45, 2.75) is 32.9 Å². The molecule has 0 aliphatic carbocycles. The minimum atomic E-state index is -0.513. The number of carbonyl (C=O) groups excluding carboxylic acids is 2. The van der Waals surface area contributed by atoms with Gasteiger partial charge in [-0.25, -0.2) is 14.8 Å². The Labute approximate surface area is 193 Å². The van der Waals surface area contributed by atoms with Gasteiger partial charge in [-0.15, -0.1) is 0 Å². The molecular formula is C23H30N6O4. The van der Waals surface area contributed by atoms with Gasteiger partial charge in [0.2, 0.25) is 5.91 Å². The van der Waals surface area contributed by atoms with E-state index in [1.54, 1.807) is 4.90 Å². The van der Waals surface area contributed by atoms with E-state index in [0.29, 0.717) is 50.8 Å². The zero-order valence-electron chi connectivity index (χ0n) is 19.0. The number of benzene rings is 1. The summed E-state index contributed by atoms with van der Waals surface area (Å²) in [6.07, 6.45) is 0.635. The third-order valence-corrected chi connectivity index (χ3v) is 5.91. The summed E-state index contributed by atoms with van der Waals surface area (Å²) in [5, 5.41) is 14.8. The van der Waals surface area contributed by atoms with Crippen molar-refractivity contribution in [3.63, 3.8) is 0 Å². The van der Waals surface area contributed by atoms with Crippen molar-refractivity contribution in [1.29, 1.82) is 0 Å². The quantitative estimate of drug-likeness (QED) is 0.624. The van der Waals surface area contributed by atoms with Gasteiger partial charge in [-0.2, -0.15) is 0 Å². The van der Waals surface area contributed by atoms with Gasteiger partial charge in [-0.3, -0.25) is 4.79 Å². The molecule has 3 amide bonds. The number of aliphatic hydroxyl groups excluding tert-OH is 1. The molecule has 3 N–H and O–H groups in total. The van der Waals surface area contributed by atoms with Crippen LogP contribution >= 0.6 is 0 Å². The fourth-order valence-electron chi connectivity index (χ4n) is 4.17. The molecule has 33 heavy (non-hydrogen) atoms. The van der Waals surface area contributed by atoms with Crippen LogP contribution in [-0.2, 0) is 22.5 Å². The van der Waals surface area contributed by atoms with Crippen LogP contribution in [0.5, 0.6) is 0 Å². The van der Waals surface area contributed by atoms with Crippen molar-refractivity contribution in [3.05, 3.63) is 35.5 Å². The zero-order chi connectivity index (χ0) is 23.4. The third kappa shape index (κ3) is 5.07. The molecule has 10 nitrogen and oxygen atoms in total. The lowest BCUT2D eigenvalue weighted by Gasteiger charge is -2.37. The Balaban J connectivity index is 1.69. The normalized spacial score (nSPS) is 18.0. The van der Waals surface area contributed by atoms with E-state index in [4.69, 9.17) is 14.7 Å². The molecule has 1 fully saturated rings. The Hall–Kier alpha value is -3.24. The number of hydrogen-bond acceptors (Lipinski definition) is 7. The van der Waals surface area contributed by atoms with Crippen molar-refractivity contribution in [3.8, 4) is 11.4 Å². The Kier molecular flexibility index (Phi) is 7.05. The van der Waals surface area contributed by atoms with E-state index < -0.39 is 6.61 Å². The van der Waals surface area contributed by atoms with Crippen LogP contribution in [0.4, 0.5) is 16.3 Å². The Morgan fingerprint density at radius 3 is 2.70 bits per heavy atom. The summed E-state index contributed by atoms with van der Waals surface area (Å²) in [7, 11) is 0. The first-order valence-corrected chi connectivity index (χ1v) is 11.3. The molecule has 2 aliphatic rings. The molecule has 0 unspecified atom stereocenters. The first kappa shape index (κ1) is 22.9. The van der Waals surface area contributed by atoms with E-state index in [9.17, 15) is 14.7 Å². The predicted octanol–water partition coefficient (Wildman–Crippen LogP) is 1.39. The molecule has 1 aromatic heterocycles. The number of carbonyl (C=O) groups is 2. The molecule has 10 heteroatoms. The largest absolute Gasteiger partial charge is 0.387 e. The van der Waals surface area contributed by atoms with Crippen molar-refractivity contribution < 1.29 is 19.4 Å². The van der Waals surface area contributed by atoms with Gasteiger partial charge < -0.3 is 30.3 Å². The monoisotopic (exact) mass is 454 g/mol. The van der Waals surface area contributed by atoms with Gasteiger partial charge in [0.05, 0.1) is 31.5 Å². The van der Waals surface area contributed by atoms with Crippen LogP contribution in [-0.4, -0.2) is 77.4 Å². The minimum absolute atomic E-state index is 0.173. The van der Waals surface area contributed by atoms with Crippen LogP contribution in [0.25, 0.3) is 11.4 Å². The highest BCUT2D eigenvalue weighted by Crippen LogP contribution is 2.31. The van der Waals surface area contributed by atoms with Crippen LogP contribution in [0.1, 0.15) is 25.1 Å². The number of hydrogen-bond donors (Lipinski definition) is 3. The first-order valence-electron chi connectivity index (χ1n) is 11.3. The molecule has 2 aliphatic heterocycles. The van der Waals surface area contributed by atoms with E-state index in [-0.39, 0.29) is 18.0 Å². The van der Waals surface area contributed by atoms with Gasteiger partial charge in [-0.05, 0) is 44.5 Å². The molecule has 176 valence electrons. The fourth-order valence-corrected chi connectivity index (χ4v) is 4.17. The van der Waals surface area contributed by atoms with Gasteiger partial charge in [0.15, 0.2) is 5.82 Å². The molecule has 1 aromatic carbocycles. The lowest BCUT2D eigenvalue weighted by molar-refractivity contribution is -0.135. The smallest absolute Gasteiger partial charge is 0.319 e. The lowest BCUT2D eigenvalue weighted by atomic mass is 10.0. The number of nitrogens with zero attached hydrogens (tertiary/aromatic N) is 4. The van der Waals surface area contributed by atoms with Gasteiger partial charge in [-0.1, -0.05) is 0 Å². The topological polar surface area (TPSA) is 120 Å². The van der Waals surface area contributed by atoms with Crippen molar-refractivity contribution in [2.24, 2.45) is 0 Å². The number of nitrogens with one attached hydrogen (secondary N) is 2. The Morgan fingerprint density at radius 2 is 2.00 bits per heavy atom. The molecule has 2 aromatic rings. The third-order valence-electron chi connectivity index (χ3n) is 5.91. The van der Waals surface area contributed by atoms with Crippen LogP contribution in [0, 0.1) is 0 Å². The summed E-state index contributed by atoms with van der Waals surface area (Å²) in [6, 6.07) is 7.28. The van der Waals surface area contributed by atoms with Gasteiger partial charge in [0.25, 0.3) is 0 Å². The number of amides is 3. The molecule has 0 saturated carbocycles. The summed E-state index contributed by atoms with van der Waals surface area (Å²) in [4.78, 5) is 37.5. The van der Waals surface area contributed by atoms with E-state index in [2.05, 4.69) is 22.5 Å². The maximum Gasteiger partial charge on any atom is 0.319 e. The van der Waals surface area contributed by atoms with Crippen molar-refractivity contribution >= 4 is 23.4 Å². The van der Waals surface area contributed by atoms with E-state index in [0.717, 1.165) is 29.2 Å². The summed E-state index contributed by atoms with van der Waals surface area (Å²) in [5.41, 5.74) is 3.33. The lowest BCUT2D eigenvalue weighted by Crippen LogP contribution is -2.46. The molecule has 1 saturated heterocycles. The molecular weight excluding hydrogens is 424 g/mol. The second-order valence-electron chi connectivity index (χ2n) is 8.20. The number of anilines is 2. The van der Waals surface area contributed by atoms with Crippen LogP contribution < -0.4 is 15.5 Å². The standard InChI is InChI=1S/C23H30N6O4/c1-3-24-23(32)25-17-6-4-16(5-7-17)21-26-19-12-28(20(31)13-30)9-8-18(19)22(27-21)29-10-11-33-14-15(29)2/h4-7,15,30H,3,8-14H2,1-2H3,(H2,24,25,32)/t15-/m0/s1. The number of urea groups is 1. The van der Waals surface area contributed by atoms with Crippen LogP contribution in [0.2, 0.25) is 0 Å². The fraction of sp³-hybridized carbons (Fsp3) is 0.478. The zero-order valence-corrected chi connectivity index (χ0v) is 19.0. The molecule has 0 bridgehead atoms. The first-order chi connectivity index (χ1) is 16.0. The van der Waals surface area contributed by atoms with Crippen molar-refractivity contribution in [1.82, 2.24) is 20.2 Å². The average molecular weight is 455 g/mol. The number of rotatable bonds is 5. The van der Waals surface area contributed by atoms with Gasteiger partial charge in [0.1, 0.15) is 12.4 Å².